The first-order chi connectivity index (χ1) is 16.1. The van der Waals surface area contributed by atoms with Crippen LogP contribution >= 0.6 is 0 Å². The topological polar surface area (TPSA) is 91.4 Å². The highest BCUT2D eigenvalue weighted by molar-refractivity contribution is 6.01. The lowest BCUT2D eigenvalue weighted by atomic mass is 10.1. The SMILES string of the molecule is CCc1ccccc1N(CC(=O)NCc1ccccc1)C(=O)CCC(=O)Nc1ccccn1. The Kier molecular flexibility index (Phi) is 8.71. The summed E-state index contributed by atoms with van der Waals surface area (Å²) in [5.74, 6) is -0.430. The first kappa shape index (κ1) is 23.7. The standard InChI is InChI=1S/C26H28N4O3/c1-2-21-12-6-7-13-22(21)30(19-25(32)28-18-20-10-4-3-5-11-20)26(33)16-15-24(31)29-23-14-8-9-17-27-23/h3-14,17H,2,15-16,18-19H2,1H3,(H,28,32)(H,27,29,31). The molecule has 3 aromatic rings. The van der Waals surface area contributed by atoms with Crippen LogP contribution in [0.5, 0.6) is 0 Å². The highest BCUT2D eigenvalue weighted by Crippen LogP contribution is 2.22. The molecule has 33 heavy (non-hydrogen) atoms. The van der Waals surface area contributed by atoms with Crippen LogP contribution < -0.4 is 15.5 Å². The summed E-state index contributed by atoms with van der Waals surface area (Å²) in [4.78, 5) is 43.6. The van der Waals surface area contributed by atoms with Gasteiger partial charge in [0.05, 0.1) is 0 Å². The number of hydrogen-bond donors (Lipinski definition) is 2. The summed E-state index contributed by atoms with van der Waals surface area (Å²) in [7, 11) is 0. The van der Waals surface area contributed by atoms with Crippen molar-refractivity contribution in [2.75, 3.05) is 16.8 Å². The van der Waals surface area contributed by atoms with E-state index in [9.17, 15) is 14.4 Å². The van der Waals surface area contributed by atoms with Gasteiger partial charge in [-0.1, -0.05) is 61.5 Å². The summed E-state index contributed by atoms with van der Waals surface area (Å²) in [5.41, 5.74) is 2.62. The number of pyridine rings is 1. The Labute approximate surface area is 193 Å². The number of nitrogens with zero attached hydrogens (tertiary/aromatic N) is 2. The molecule has 1 heterocycles. The predicted octanol–water partition coefficient (Wildman–Crippen LogP) is 3.71. The number of hydrogen-bond acceptors (Lipinski definition) is 4. The molecule has 170 valence electrons. The quantitative estimate of drug-likeness (QED) is 0.499. The zero-order valence-electron chi connectivity index (χ0n) is 18.7. The van der Waals surface area contributed by atoms with E-state index in [2.05, 4.69) is 15.6 Å². The molecule has 0 saturated carbocycles. The monoisotopic (exact) mass is 444 g/mol. The maximum absolute atomic E-state index is 13.1. The number of rotatable bonds is 10. The number of benzene rings is 2. The second-order valence-electron chi connectivity index (χ2n) is 7.49. The molecular formula is C26H28N4O3. The predicted molar refractivity (Wildman–Crippen MR) is 129 cm³/mol. The largest absolute Gasteiger partial charge is 0.350 e. The number of nitrogens with one attached hydrogen (secondary N) is 2. The van der Waals surface area contributed by atoms with Gasteiger partial charge in [-0.2, -0.15) is 0 Å². The smallest absolute Gasteiger partial charge is 0.240 e. The van der Waals surface area contributed by atoms with Crippen molar-refractivity contribution in [1.82, 2.24) is 10.3 Å². The van der Waals surface area contributed by atoms with Gasteiger partial charge in [-0.3, -0.25) is 14.4 Å². The maximum atomic E-state index is 13.1. The maximum Gasteiger partial charge on any atom is 0.240 e. The van der Waals surface area contributed by atoms with Crippen molar-refractivity contribution < 1.29 is 14.4 Å². The van der Waals surface area contributed by atoms with E-state index in [4.69, 9.17) is 0 Å². The van der Waals surface area contributed by atoms with E-state index >= 15 is 0 Å². The minimum atomic E-state index is -0.306. The summed E-state index contributed by atoms with van der Waals surface area (Å²) in [6.45, 7) is 2.26. The van der Waals surface area contributed by atoms with Crippen molar-refractivity contribution in [3.05, 3.63) is 90.1 Å². The van der Waals surface area contributed by atoms with E-state index in [0.29, 0.717) is 24.5 Å². The lowest BCUT2D eigenvalue weighted by Crippen LogP contribution is -2.41. The van der Waals surface area contributed by atoms with E-state index < -0.39 is 0 Å². The molecule has 3 amide bonds. The minimum absolute atomic E-state index is 0.00810. The van der Waals surface area contributed by atoms with Gasteiger partial charge in [0.2, 0.25) is 17.7 Å². The molecule has 0 aliphatic rings. The summed E-state index contributed by atoms with van der Waals surface area (Å²) in [6, 6.07) is 22.3. The van der Waals surface area contributed by atoms with Crippen molar-refractivity contribution in [1.29, 1.82) is 0 Å². The Morgan fingerprint density at radius 2 is 1.58 bits per heavy atom. The van der Waals surface area contributed by atoms with Crippen LogP contribution in [-0.4, -0.2) is 29.3 Å². The van der Waals surface area contributed by atoms with E-state index in [1.807, 2.05) is 61.5 Å². The number of aromatic nitrogens is 1. The van der Waals surface area contributed by atoms with Crippen LogP contribution in [0.15, 0.2) is 79.0 Å². The van der Waals surface area contributed by atoms with Gasteiger partial charge >= 0.3 is 0 Å². The van der Waals surface area contributed by atoms with Gasteiger partial charge in [-0.05, 0) is 35.7 Å². The number of anilines is 2. The normalized spacial score (nSPS) is 10.3. The molecule has 0 aliphatic carbocycles. The Morgan fingerprint density at radius 1 is 0.848 bits per heavy atom. The van der Waals surface area contributed by atoms with Crippen molar-refractivity contribution in [3.8, 4) is 0 Å². The average Bonchev–Trinajstić information content (AvgIpc) is 2.86. The van der Waals surface area contributed by atoms with E-state index in [1.54, 1.807) is 24.4 Å². The number of carbonyl (C=O) groups is 3. The summed E-state index contributed by atoms with van der Waals surface area (Å²) in [6.07, 6.45) is 2.26. The zero-order chi connectivity index (χ0) is 23.5. The first-order valence-corrected chi connectivity index (χ1v) is 11.0. The Balaban J connectivity index is 1.66. The second kappa shape index (κ2) is 12.1. The van der Waals surface area contributed by atoms with E-state index in [-0.39, 0.29) is 37.1 Å². The molecule has 1 aromatic heterocycles. The van der Waals surface area contributed by atoms with Crippen molar-refractivity contribution in [3.63, 3.8) is 0 Å². The molecule has 2 aromatic carbocycles. The molecule has 0 bridgehead atoms. The van der Waals surface area contributed by atoms with Crippen LogP contribution in [0.4, 0.5) is 11.5 Å². The third kappa shape index (κ3) is 7.28. The molecule has 0 unspecified atom stereocenters. The Bertz CT molecular complexity index is 1070. The van der Waals surface area contributed by atoms with Crippen LogP contribution in [0.25, 0.3) is 0 Å². The second-order valence-corrected chi connectivity index (χ2v) is 7.49. The van der Waals surface area contributed by atoms with Crippen molar-refractivity contribution in [2.24, 2.45) is 0 Å². The fourth-order valence-corrected chi connectivity index (χ4v) is 3.37. The fraction of sp³-hybridized carbons (Fsp3) is 0.231. The van der Waals surface area contributed by atoms with Gasteiger partial charge in [0.1, 0.15) is 12.4 Å². The molecule has 0 fully saturated rings. The molecular weight excluding hydrogens is 416 g/mol. The van der Waals surface area contributed by atoms with E-state index in [1.165, 1.54) is 4.90 Å². The number of amides is 3. The lowest BCUT2D eigenvalue weighted by molar-refractivity contribution is -0.125. The lowest BCUT2D eigenvalue weighted by Gasteiger charge is -2.25. The van der Waals surface area contributed by atoms with Crippen LogP contribution in [0.1, 0.15) is 30.9 Å². The summed E-state index contributed by atoms with van der Waals surface area (Å²) in [5, 5.41) is 5.55. The Morgan fingerprint density at radius 3 is 2.30 bits per heavy atom. The van der Waals surface area contributed by atoms with Gasteiger partial charge in [0, 0.05) is 31.3 Å². The number of carbonyl (C=O) groups excluding carboxylic acids is 3. The molecule has 2 N–H and O–H groups in total. The molecule has 7 heteroatoms. The van der Waals surface area contributed by atoms with Gasteiger partial charge in [0.25, 0.3) is 0 Å². The zero-order valence-corrected chi connectivity index (χ0v) is 18.7. The Hall–Kier alpha value is -4.00. The molecule has 0 aliphatic heterocycles. The van der Waals surface area contributed by atoms with Crippen LogP contribution in [0.3, 0.4) is 0 Å². The van der Waals surface area contributed by atoms with Crippen LogP contribution in [-0.2, 0) is 27.3 Å². The highest BCUT2D eigenvalue weighted by atomic mass is 16.2. The third-order valence-corrected chi connectivity index (χ3v) is 5.10. The fourth-order valence-electron chi connectivity index (χ4n) is 3.37. The van der Waals surface area contributed by atoms with Crippen molar-refractivity contribution in [2.45, 2.75) is 32.7 Å². The van der Waals surface area contributed by atoms with Gasteiger partial charge in [-0.15, -0.1) is 0 Å². The first-order valence-electron chi connectivity index (χ1n) is 11.0. The van der Waals surface area contributed by atoms with Gasteiger partial charge in [0.15, 0.2) is 0 Å². The van der Waals surface area contributed by atoms with Crippen LogP contribution in [0.2, 0.25) is 0 Å². The number of aryl methyl sites for hydroxylation is 1. The van der Waals surface area contributed by atoms with Crippen LogP contribution in [0, 0.1) is 0 Å². The molecule has 0 atom stereocenters. The van der Waals surface area contributed by atoms with Gasteiger partial charge < -0.3 is 15.5 Å². The molecule has 3 rings (SSSR count). The molecule has 7 nitrogen and oxygen atoms in total. The van der Waals surface area contributed by atoms with Crippen molar-refractivity contribution >= 4 is 29.2 Å². The minimum Gasteiger partial charge on any atom is -0.350 e. The van der Waals surface area contributed by atoms with Gasteiger partial charge in [-0.25, -0.2) is 4.98 Å². The van der Waals surface area contributed by atoms with E-state index in [0.717, 1.165) is 11.1 Å². The molecule has 0 radical (unpaired) electrons. The average molecular weight is 445 g/mol. The highest BCUT2D eigenvalue weighted by Gasteiger charge is 2.22. The summed E-state index contributed by atoms with van der Waals surface area (Å²) < 4.78 is 0. The molecule has 0 spiro atoms. The number of para-hydroxylation sites is 1. The summed E-state index contributed by atoms with van der Waals surface area (Å²) >= 11 is 0. The molecule has 0 saturated heterocycles. The third-order valence-electron chi connectivity index (χ3n) is 5.10.